The lowest BCUT2D eigenvalue weighted by molar-refractivity contribution is -0.123. The first-order valence-electron chi connectivity index (χ1n) is 7.91. The number of hydrogen-bond donors (Lipinski definition) is 2. The monoisotopic (exact) mass is 366 g/mol. The number of carbonyl (C=O) groups excluding carboxylic acids is 2. The normalized spacial score (nSPS) is 12.2. The van der Waals surface area contributed by atoms with Gasteiger partial charge in [-0.15, -0.1) is 0 Å². The molecule has 0 aliphatic heterocycles. The van der Waals surface area contributed by atoms with Crippen LogP contribution in [0.1, 0.15) is 17.3 Å². The van der Waals surface area contributed by atoms with Crippen LogP contribution < -0.4 is 5.32 Å². The molecule has 2 N–H and O–H groups in total. The van der Waals surface area contributed by atoms with E-state index in [1.165, 1.54) is 18.3 Å². The maximum absolute atomic E-state index is 12.3. The van der Waals surface area contributed by atoms with Crippen LogP contribution in [-0.4, -0.2) is 32.9 Å². The molecule has 1 amide bonds. The van der Waals surface area contributed by atoms with Crippen molar-refractivity contribution in [1.82, 2.24) is 15.0 Å². The molecule has 0 saturated heterocycles. The standard InChI is InChI=1S/C18H14N4O3S/c1-10(16(23)22-18-21-13-4-2-3-5-15(13)26-18)25-17(24)11-6-7-12-14(8-11)20-9-19-12/h2-10H,1H3,(H,19,20)(H,21,22,23). The SMILES string of the molecule is CC(OC(=O)c1ccc2nc[nH]c2c1)C(=O)Nc1nc2ccccc2s1. The smallest absolute Gasteiger partial charge is 0.338 e. The van der Waals surface area contributed by atoms with Gasteiger partial charge in [-0.1, -0.05) is 23.5 Å². The Morgan fingerprint density at radius 2 is 2.04 bits per heavy atom. The van der Waals surface area contributed by atoms with E-state index in [0.717, 1.165) is 21.3 Å². The summed E-state index contributed by atoms with van der Waals surface area (Å²) in [6.07, 6.45) is 0.598. The Morgan fingerprint density at radius 3 is 2.88 bits per heavy atom. The number of thiazole rings is 1. The van der Waals surface area contributed by atoms with Crippen LogP contribution in [0.2, 0.25) is 0 Å². The van der Waals surface area contributed by atoms with E-state index in [1.54, 1.807) is 24.5 Å². The van der Waals surface area contributed by atoms with Gasteiger partial charge in [-0.2, -0.15) is 0 Å². The first-order valence-corrected chi connectivity index (χ1v) is 8.72. The van der Waals surface area contributed by atoms with E-state index in [1.807, 2.05) is 24.3 Å². The number of H-pyrrole nitrogens is 1. The number of para-hydroxylation sites is 1. The summed E-state index contributed by atoms with van der Waals surface area (Å²) < 4.78 is 6.23. The van der Waals surface area contributed by atoms with E-state index in [-0.39, 0.29) is 0 Å². The number of nitrogens with one attached hydrogen (secondary N) is 2. The molecule has 4 aromatic rings. The highest BCUT2D eigenvalue weighted by atomic mass is 32.1. The maximum Gasteiger partial charge on any atom is 0.338 e. The average molecular weight is 366 g/mol. The number of nitrogens with zero attached hydrogens (tertiary/aromatic N) is 2. The zero-order chi connectivity index (χ0) is 18.1. The zero-order valence-electron chi connectivity index (χ0n) is 13.7. The fourth-order valence-corrected chi connectivity index (χ4v) is 3.35. The highest BCUT2D eigenvalue weighted by molar-refractivity contribution is 7.22. The molecule has 2 aromatic carbocycles. The number of aromatic nitrogens is 3. The number of rotatable bonds is 4. The zero-order valence-corrected chi connectivity index (χ0v) is 14.5. The highest BCUT2D eigenvalue weighted by Gasteiger charge is 2.20. The van der Waals surface area contributed by atoms with Gasteiger partial charge in [-0.25, -0.2) is 14.8 Å². The van der Waals surface area contributed by atoms with Crippen molar-refractivity contribution >= 4 is 49.6 Å². The number of amides is 1. The van der Waals surface area contributed by atoms with Gasteiger partial charge in [0.2, 0.25) is 0 Å². The van der Waals surface area contributed by atoms with Crippen LogP contribution in [0.4, 0.5) is 5.13 Å². The first-order chi connectivity index (χ1) is 12.6. The van der Waals surface area contributed by atoms with Crippen molar-refractivity contribution in [3.63, 3.8) is 0 Å². The molecular formula is C18H14N4O3S. The van der Waals surface area contributed by atoms with Gasteiger partial charge in [-0.3, -0.25) is 10.1 Å². The molecular weight excluding hydrogens is 352 g/mol. The molecule has 0 aliphatic rings. The Balaban J connectivity index is 1.43. The number of imidazole rings is 1. The third-order valence-corrected chi connectivity index (χ3v) is 4.78. The van der Waals surface area contributed by atoms with Crippen molar-refractivity contribution in [2.24, 2.45) is 0 Å². The van der Waals surface area contributed by atoms with Gasteiger partial charge >= 0.3 is 5.97 Å². The lowest BCUT2D eigenvalue weighted by atomic mass is 10.2. The molecule has 4 rings (SSSR count). The van der Waals surface area contributed by atoms with Gasteiger partial charge < -0.3 is 9.72 Å². The van der Waals surface area contributed by atoms with Gasteiger partial charge in [0.05, 0.1) is 33.1 Å². The predicted molar refractivity (Wildman–Crippen MR) is 99.2 cm³/mol. The van der Waals surface area contributed by atoms with Crippen molar-refractivity contribution in [3.05, 3.63) is 54.4 Å². The Morgan fingerprint density at radius 1 is 1.19 bits per heavy atom. The number of hydrogen-bond acceptors (Lipinski definition) is 6. The van der Waals surface area contributed by atoms with Crippen molar-refractivity contribution in [1.29, 1.82) is 0 Å². The summed E-state index contributed by atoms with van der Waals surface area (Å²) in [5.41, 5.74) is 2.64. The highest BCUT2D eigenvalue weighted by Crippen LogP contribution is 2.25. The van der Waals surface area contributed by atoms with Crippen molar-refractivity contribution in [2.45, 2.75) is 13.0 Å². The topological polar surface area (TPSA) is 97.0 Å². The molecule has 0 fully saturated rings. The van der Waals surface area contributed by atoms with E-state index >= 15 is 0 Å². The molecule has 0 aliphatic carbocycles. The van der Waals surface area contributed by atoms with Gasteiger partial charge in [0.1, 0.15) is 0 Å². The molecule has 130 valence electrons. The van der Waals surface area contributed by atoms with Gasteiger partial charge in [-0.05, 0) is 37.3 Å². The van der Waals surface area contributed by atoms with Crippen LogP contribution in [0.25, 0.3) is 21.3 Å². The van der Waals surface area contributed by atoms with E-state index in [4.69, 9.17) is 4.74 Å². The third-order valence-electron chi connectivity index (χ3n) is 3.83. The van der Waals surface area contributed by atoms with E-state index < -0.39 is 18.0 Å². The summed E-state index contributed by atoms with van der Waals surface area (Å²) in [4.78, 5) is 35.9. The summed E-state index contributed by atoms with van der Waals surface area (Å²) in [7, 11) is 0. The summed E-state index contributed by atoms with van der Waals surface area (Å²) in [6.45, 7) is 1.52. The summed E-state index contributed by atoms with van der Waals surface area (Å²) >= 11 is 1.37. The molecule has 8 heteroatoms. The fraction of sp³-hybridized carbons (Fsp3) is 0.111. The van der Waals surface area contributed by atoms with Crippen molar-refractivity contribution in [3.8, 4) is 0 Å². The van der Waals surface area contributed by atoms with Crippen LogP contribution in [-0.2, 0) is 9.53 Å². The predicted octanol–water partition coefficient (Wildman–Crippen LogP) is 3.36. The number of anilines is 1. The molecule has 26 heavy (non-hydrogen) atoms. The Hall–Kier alpha value is -3.26. The van der Waals surface area contributed by atoms with Crippen LogP contribution >= 0.6 is 11.3 Å². The van der Waals surface area contributed by atoms with Crippen LogP contribution in [0.15, 0.2) is 48.8 Å². The minimum atomic E-state index is -0.952. The number of aromatic amines is 1. The quantitative estimate of drug-likeness (QED) is 0.540. The molecule has 1 unspecified atom stereocenters. The number of fused-ring (bicyclic) bond motifs is 2. The van der Waals surface area contributed by atoms with E-state index in [2.05, 4.69) is 20.3 Å². The van der Waals surface area contributed by atoms with Crippen molar-refractivity contribution < 1.29 is 14.3 Å². The number of benzene rings is 2. The molecule has 0 bridgehead atoms. The summed E-state index contributed by atoms with van der Waals surface area (Å²) in [5, 5.41) is 3.16. The second-order valence-corrected chi connectivity index (χ2v) is 6.69. The molecule has 0 spiro atoms. The third kappa shape index (κ3) is 3.14. The van der Waals surface area contributed by atoms with E-state index in [0.29, 0.717) is 10.7 Å². The first kappa shape index (κ1) is 16.2. The molecule has 2 heterocycles. The van der Waals surface area contributed by atoms with Crippen LogP contribution in [0.5, 0.6) is 0 Å². The van der Waals surface area contributed by atoms with Crippen LogP contribution in [0.3, 0.4) is 0 Å². The lowest BCUT2D eigenvalue weighted by Gasteiger charge is -2.12. The average Bonchev–Trinajstić information content (AvgIpc) is 3.26. The fourth-order valence-electron chi connectivity index (χ4n) is 2.48. The molecule has 1 atom stereocenters. The van der Waals surface area contributed by atoms with Gasteiger partial charge in [0.15, 0.2) is 11.2 Å². The maximum atomic E-state index is 12.3. The lowest BCUT2D eigenvalue weighted by Crippen LogP contribution is -2.29. The number of ether oxygens (including phenoxy) is 1. The molecule has 7 nitrogen and oxygen atoms in total. The summed E-state index contributed by atoms with van der Waals surface area (Å²) in [6, 6.07) is 12.6. The van der Waals surface area contributed by atoms with Crippen molar-refractivity contribution in [2.75, 3.05) is 5.32 Å². The largest absolute Gasteiger partial charge is 0.449 e. The van der Waals surface area contributed by atoms with E-state index in [9.17, 15) is 9.59 Å². The Bertz CT molecular complexity index is 1080. The Kier molecular flexibility index (Phi) is 4.10. The van der Waals surface area contributed by atoms with Gasteiger partial charge in [0.25, 0.3) is 5.91 Å². The molecule has 0 saturated carbocycles. The second-order valence-electron chi connectivity index (χ2n) is 5.66. The van der Waals surface area contributed by atoms with Crippen LogP contribution in [0, 0.1) is 0 Å². The Labute approximate surface area is 152 Å². The minimum absolute atomic E-state index is 0.349. The second kappa shape index (κ2) is 6.57. The number of esters is 1. The summed E-state index contributed by atoms with van der Waals surface area (Å²) in [5.74, 6) is -1.01. The van der Waals surface area contributed by atoms with Gasteiger partial charge in [0, 0.05) is 0 Å². The minimum Gasteiger partial charge on any atom is -0.449 e. The number of carbonyl (C=O) groups is 2. The molecule has 2 aromatic heterocycles. The molecule has 0 radical (unpaired) electrons.